The van der Waals surface area contributed by atoms with Gasteiger partial charge >= 0.3 is 0 Å². The summed E-state index contributed by atoms with van der Waals surface area (Å²) in [5, 5.41) is 8.63. The van der Waals surface area contributed by atoms with Crippen molar-refractivity contribution in [2.45, 2.75) is 18.8 Å². The van der Waals surface area contributed by atoms with Crippen LogP contribution in [0.3, 0.4) is 0 Å². The Labute approximate surface area is 42.8 Å². The first-order chi connectivity index (χ1) is 2.81. The number of thioether (sulfide) groups is 1. The molecule has 0 aromatic heterocycles. The van der Waals surface area contributed by atoms with Crippen molar-refractivity contribution in [1.29, 1.82) is 0 Å². The number of hydrogen-bond donors (Lipinski definition) is 1. The third-order valence-corrected chi connectivity index (χ3v) is 1.50. The van der Waals surface area contributed by atoms with E-state index in [1.54, 1.807) is 0 Å². The van der Waals surface area contributed by atoms with Crippen LogP contribution in [0.5, 0.6) is 0 Å². The molecule has 0 rings (SSSR count). The molecule has 1 nitrogen and oxygen atoms in total. The first kappa shape index (κ1) is 6.31. The van der Waals surface area contributed by atoms with Crippen molar-refractivity contribution in [3.05, 3.63) is 0 Å². The van der Waals surface area contributed by atoms with Crippen LogP contribution in [0.4, 0.5) is 0 Å². The van der Waals surface area contributed by atoms with Crippen LogP contribution in [-0.4, -0.2) is 16.8 Å². The van der Waals surface area contributed by atoms with E-state index in [0.717, 1.165) is 6.42 Å². The lowest BCUT2D eigenvalue weighted by Crippen LogP contribution is -1.94. The van der Waals surface area contributed by atoms with Crippen LogP contribution in [-0.2, 0) is 0 Å². The Balaban J connectivity index is 2.75. The second kappa shape index (κ2) is 3.50. The number of rotatable bonds is 2. The van der Waals surface area contributed by atoms with Crippen molar-refractivity contribution in [2.24, 2.45) is 0 Å². The second-order valence-corrected chi connectivity index (χ2v) is 2.11. The van der Waals surface area contributed by atoms with Crippen LogP contribution in [0.15, 0.2) is 0 Å². The highest BCUT2D eigenvalue weighted by Gasteiger charge is 1.91. The van der Waals surface area contributed by atoms with Crippen LogP contribution in [0, 0.1) is 0 Å². The number of aliphatic hydroxyl groups excluding tert-OH is 1. The highest BCUT2D eigenvalue weighted by molar-refractivity contribution is 7.99. The molecule has 0 spiro atoms. The SMILES string of the molecule is CC[C@@H](O)SC. The van der Waals surface area contributed by atoms with Crippen molar-refractivity contribution < 1.29 is 5.11 Å². The Morgan fingerprint density at radius 1 is 1.83 bits per heavy atom. The monoisotopic (exact) mass is 106 g/mol. The summed E-state index contributed by atoms with van der Waals surface area (Å²) < 4.78 is 0. The molecule has 0 aromatic rings. The topological polar surface area (TPSA) is 20.2 Å². The van der Waals surface area contributed by atoms with Gasteiger partial charge in [-0.05, 0) is 12.7 Å². The molecule has 1 atom stereocenters. The van der Waals surface area contributed by atoms with Gasteiger partial charge in [0.1, 0.15) is 0 Å². The van der Waals surface area contributed by atoms with E-state index in [1.807, 2.05) is 13.2 Å². The van der Waals surface area contributed by atoms with Gasteiger partial charge in [0.2, 0.25) is 0 Å². The smallest absolute Gasteiger partial charge is 0.0987 e. The van der Waals surface area contributed by atoms with E-state index in [-0.39, 0.29) is 5.44 Å². The highest BCUT2D eigenvalue weighted by atomic mass is 32.2. The predicted molar refractivity (Wildman–Crippen MR) is 29.8 cm³/mol. The van der Waals surface area contributed by atoms with Crippen molar-refractivity contribution >= 4 is 11.8 Å². The van der Waals surface area contributed by atoms with Gasteiger partial charge in [0, 0.05) is 0 Å². The summed E-state index contributed by atoms with van der Waals surface area (Å²) in [4.78, 5) is 0. The third kappa shape index (κ3) is 2.54. The lowest BCUT2D eigenvalue weighted by atomic mass is 10.5. The molecule has 1 N–H and O–H groups in total. The second-order valence-electron chi connectivity index (χ2n) is 1.10. The van der Waals surface area contributed by atoms with Gasteiger partial charge in [-0.3, -0.25) is 0 Å². The Morgan fingerprint density at radius 3 is 2.33 bits per heavy atom. The Kier molecular flexibility index (Phi) is 3.68. The molecule has 0 saturated heterocycles. The molecule has 0 amide bonds. The van der Waals surface area contributed by atoms with Gasteiger partial charge in [-0.15, -0.1) is 11.8 Å². The molecule has 6 heavy (non-hydrogen) atoms. The zero-order valence-corrected chi connectivity index (χ0v) is 4.96. The van der Waals surface area contributed by atoms with Gasteiger partial charge in [0.25, 0.3) is 0 Å². The molecule has 2 heteroatoms. The quantitative estimate of drug-likeness (QED) is 0.531. The molecule has 0 aromatic carbocycles. The van der Waals surface area contributed by atoms with Crippen molar-refractivity contribution in [3.8, 4) is 0 Å². The third-order valence-electron chi connectivity index (χ3n) is 0.621. The molecule has 0 aliphatic heterocycles. The summed E-state index contributed by atoms with van der Waals surface area (Å²) in [6.45, 7) is 1.96. The summed E-state index contributed by atoms with van der Waals surface area (Å²) in [5.74, 6) is 0. The number of hydrogen-bond acceptors (Lipinski definition) is 2. The molecule has 0 bridgehead atoms. The van der Waals surface area contributed by atoms with E-state index in [9.17, 15) is 0 Å². The molecule has 0 aliphatic carbocycles. The molecule has 38 valence electrons. The lowest BCUT2D eigenvalue weighted by molar-refractivity contribution is 0.260. The van der Waals surface area contributed by atoms with E-state index < -0.39 is 0 Å². The average Bonchev–Trinajstić information content (AvgIpc) is 1.65. The maximum absolute atomic E-state index is 8.63. The summed E-state index contributed by atoms with van der Waals surface area (Å²) in [6.07, 6.45) is 2.75. The van der Waals surface area contributed by atoms with Gasteiger partial charge in [0.15, 0.2) is 0 Å². The standard InChI is InChI=1S/C4H10OS/c1-3-4(5)6-2/h4-5H,3H2,1-2H3/t4-/m0/s1. The minimum Gasteiger partial charge on any atom is -0.382 e. The fourth-order valence-electron chi connectivity index (χ4n) is 0.167. The van der Waals surface area contributed by atoms with E-state index in [1.165, 1.54) is 11.8 Å². The average molecular weight is 106 g/mol. The van der Waals surface area contributed by atoms with Gasteiger partial charge < -0.3 is 5.11 Å². The molecule has 0 fully saturated rings. The van der Waals surface area contributed by atoms with Gasteiger partial charge in [-0.1, -0.05) is 6.92 Å². The van der Waals surface area contributed by atoms with Crippen LogP contribution in [0.1, 0.15) is 13.3 Å². The minimum atomic E-state index is -0.148. The zero-order valence-electron chi connectivity index (χ0n) is 4.14. The van der Waals surface area contributed by atoms with E-state index in [4.69, 9.17) is 5.11 Å². The molecular formula is C4H10OS. The van der Waals surface area contributed by atoms with Crippen LogP contribution in [0.25, 0.3) is 0 Å². The Morgan fingerprint density at radius 2 is 2.33 bits per heavy atom. The van der Waals surface area contributed by atoms with Crippen molar-refractivity contribution in [2.75, 3.05) is 6.26 Å². The molecule has 0 heterocycles. The Bertz CT molecular complexity index is 26.7. The first-order valence-electron chi connectivity index (χ1n) is 2.02. The lowest BCUT2D eigenvalue weighted by Gasteiger charge is -1.98. The highest BCUT2D eigenvalue weighted by Crippen LogP contribution is 2.03. The van der Waals surface area contributed by atoms with E-state index in [2.05, 4.69) is 0 Å². The first-order valence-corrected chi connectivity index (χ1v) is 3.31. The summed E-state index contributed by atoms with van der Waals surface area (Å²) >= 11 is 1.48. The maximum atomic E-state index is 8.63. The largest absolute Gasteiger partial charge is 0.382 e. The maximum Gasteiger partial charge on any atom is 0.0987 e. The summed E-state index contributed by atoms with van der Waals surface area (Å²) in [7, 11) is 0. The van der Waals surface area contributed by atoms with Gasteiger partial charge in [-0.25, -0.2) is 0 Å². The van der Waals surface area contributed by atoms with Crippen LogP contribution in [0.2, 0.25) is 0 Å². The fourth-order valence-corrected chi connectivity index (χ4v) is 0.500. The fraction of sp³-hybridized carbons (Fsp3) is 1.00. The minimum absolute atomic E-state index is 0.148. The molecule has 0 radical (unpaired) electrons. The zero-order chi connectivity index (χ0) is 4.99. The van der Waals surface area contributed by atoms with Crippen molar-refractivity contribution in [3.63, 3.8) is 0 Å². The molecule has 0 unspecified atom stereocenters. The van der Waals surface area contributed by atoms with E-state index in [0.29, 0.717) is 0 Å². The molecular weight excluding hydrogens is 96.1 g/mol. The summed E-state index contributed by atoms with van der Waals surface area (Å²) in [6, 6.07) is 0. The normalized spacial score (nSPS) is 14.5. The Hall–Kier alpha value is 0.310. The van der Waals surface area contributed by atoms with Crippen LogP contribution >= 0.6 is 11.8 Å². The molecule has 0 aliphatic rings. The van der Waals surface area contributed by atoms with Gasteiger partial charge in [0.05, 0.1) is 5.44 Å². The van der Waals surface area contributed by atoms with E-state index >= 15 is 0 Å². The van der Waals surface area contributed by atoms with Crippen molar-refractivity contribution in [1.82, 2.24) is 0 Å². The van der Waals surface area contributed by atoms with Crippen LogP contribution < -0.4 is 0 Å². The van der Waals surface area contributed by atoms with Gasteiger partial charge in [-0.2, -0.15) is 0 Å². The number of aliphatic hydroxyl groups is 1. The molecule has 0 saturated carbocycles. The summed E-state index contributed by atoms with van der Waals surface area (Å²) in [5.41, 5.74) is -0.148. The predicted octanol–water partition coefficient (Wildman–Crippen LogP) is 1.08.